The highest BCUT2D eigenvalue weighted by Gasteiger charge is 2.36. The van der Waals surface area contributed by atoms with Crippen LogP contribution in [0.25, 0.3) is 17.1 Å². The Labute approximate surface area is 228 Å². The Hall–Kier alpha value is -2.78. The molecule has 4 heterocycles. The number of hydrogen-bond acceptors (Lipinski definition) is 8. The molecular weight excluding hydrogens is 559 g/mol. The van der Waals surface area contributed by atoms with E-state index in [4.69, 9.17) is 11.6 Å². The Balaban J connectivity index is 1.36. The molecule has 0 amide bonds. The van der Waals surface area contributed by atoms with Crippen molar-refractivity contribution in [2.45, 2.75) is 37.7 Å². The van der Waals surface area contributed by atoms with Gasteiger partial charge in [0.2, 0.25) is 16.0 Å². The first-order valence-corrected chi connectivity index (χ1v) is 14.5. The summed E-state index contributed by atoms with van der Waals surface area (Å²) in [5.74, 6) is 0.00357. The molecule has 0 bridgehead atoms. The lowest BCUT2D eigenvalue weighted by Gasteiger charge is -2.35. The molecule has 1 aromatic carbocycles. The predicted octanol–water partition coefficient (Wildman–Crippen LogP) is 3.01. The Kier molecular flexibility index (Phi) is 7.59. The molecule has 2 aliphatic heterocycles. The molecule has 0 saturated carbocycles. The Bertz CT molecular complexity index is 1450. The number of sulfonamides is 1. The monoisotopic (exact) mass is 585 g/mol. The maximum absolute atomic E-state index is 13.8. The van der Waals surface area contributed by atoms with Crippen LogP contribution in [0.4, 0.5) is 19.1 Å². The average molecular weight is 586 g/mol. The number of nitrogens with one attached hydrogen (secondary N) is 1. The van der Waals surface area contributed by atoms with Crippen molar-refractivity contribution in [3.05, 3.63) is 53.1 Å². The summed E-state index contributed by atoms with van der Waals surface area (Å²) >= 11 is 6.50. The van der Waals surface area contributed by atoms with Gasteiger partial charge in [0.25, 0.3) is 0 Å². The third kappa shape index (κ3) is 6.35. The van der Waals surface area contributed by atoms with E-state index in [2.05, 4.69) is 25.2 Å². The molecule has 5 rings (SSSR count). The number of rotatable bonds is 7. The van der Waals surface area contributed by atoms with Crippen molar-refractivity contribution in [3.63, 3.8) is 0 Å². The molecule has 2 saturated heterocycles. The fraction of sp³-hybridized carbons (Fsp3) is 0.458. The number of alkyl halides is 3. The number of aliphatic hydroxyl groups excluding tert-OH is 1. The van der Waals surface area contributed by atoms with Crippen molar-refractivity contribution in [3.8, 4) is 17.1 Å². The first kappa shape index (κ1) is 27.8. The van der Waals surface area contributed by atoms with Crippen LogP contribution in [-0.4, -0.2) is 86.8 Å². The Morgan fingerprint density at radius 3 is 2.51 bits per heavy atom. The molecule has 0 unspecified atom stereocenters. The molecular formula is C24H27ClF3N7O3S. The van der Waals surface area contributed by atoms with Crippen molar-refractivity contribution in [1.82, 2.24) is 28.7 Å². The highest BCUT2D eigenvalue weighted by molar-refractivity contribution is 7.88. The van der Waals surface area contributed by atoms with Crippen molar-refractivity contribution in [2.24, 2.45) is 0 Å². The SMILES string of the molecule is CS(=O)(=O)N1CCC(Nc2ncc(C(F)(F)F)c(-c3cn(-c4ccc(CN5CC(O)C5)cc4Cl)cn3)n2)CC1. The minimum Gasteiger partial charge on any atom is -0.390 e. The summed E-state index contributed by atoms with van der Waals surface area (Å²) in [7, 11) is -3.30. The van der Waals surface area contributed by atoms with Crippen LogP contribution in [0.15, 0.2) is 36.9 Å². The Morgan fingerprint density at radius 2 is 1.90 bits per heavy atom. The summed E-state index contributed by atoms with van der Waals surface area (Å²) in [5, 5.41) is 12.9. The fourth-order valence-corrected chi connectivity index (χ4v) is 5.91. The van der Waals surface area contributed by atoms with E-state index in [0.717, 1.165) is 18.0 Å². The first-order chi connectivity index (χ1) is 18.4. The van der Waals surface area contributed by atoms with E-state index in [1.807, 2.05) is 6.07 Å². The van der Waals surface area contributed by atoms with E-state index >= 15 is 0 Å². The van der Waals surface area contributed by atoms with Crippen molar-refractivity contribution in [2.75, 3.05) is 37.8 Å². The number of halogens is 4. The highest BCUT2D eigenvalue weighted by atomic mass is 35.5. The molecule has 2 aliphatic rings. The second kappa shape index (κ2) is 10.7. The van der Waals surface area contributed by atoms with Gasteiger partial charge in [-0.3, -0.25) is 4.90 Å². The normalized spacial score (nSPS) is 18.3. The van der Waals surface area contributed by atoms with Crippen LogP contribution >= 0.6 is 11.6 Å². The van der Waals surface area contributed by atoms with Crippen molar-refractivity contribution < 1.29 is 26.7 Å². The second-order valence-electron chi connectivity index (χ2n) is 9.83. The van der Waals surface area contributed by atoms with E-state index in [9.17, 15) is 26.7 Å². The van der Waals surface area contributed by atoms with Gasteiger partial charge in [0, 0.05) is 51.2 Å². The number of likely N-dealkylation sites (tertiary alicyclic amines) is 1. The van der Waals surface area contributed by atoms with Gasteiger partial charge in [-0.15, -0.1) is 0 Å². The van der Waals surface area contributed by atoms with Gasteiger partial charge < -0.3 is 15.0 Å². The summed E-state index contributed by atoms with van der Waals surface area (Å²) in [4.78, 5) is 14.3. The highest BCUT2D eigenvalue weighted by Crippen LogP contribution is 2.36. The van der Waals surface area contributed by atoms with Crippen LogP contribution in [0.3, 0.4) is 0 Å². The van der Waals surface area contributed by atoms with Gasteiger partial charge in [0.15, 0.2) is 0 Å². The van der Waals surface area contributed by atoms with Gasteiger partial charge in [-0.1, -0.05) is 17.7 Å². The van der Waals surface area contributed by atoms with Crippen molar-refractivity contribution in [1.29, 1.82) is 0 Å². The number of aromatic nitrogens is 4. The van der Waals surface area contributed by atoms with E-state index in [1.54, 1.807) is 12.1 Å². The molecule has 15 heteroatoms. The van der Waals surface area contributed by atoms with Crippen LogP contribution in [0, 0.1) is 0 Å². The molecule has 0 spiro atoms. The molecule has 2 N–H and O–H groups in total. The lowest BCUT2D eigenvalue weighted by Crippen LogP contribution is -2.49. The summed E-state index contributed by atoms with van der Waals surface area (Å²) in [6, 6.07) is 5.22. The third-order valence-electron chi connectivity index (χ3n) is 6.81. The zero-order chi connectivity index (χ0) is 27.9. The lowest BCUT2D eigenvalue weighted by atomic mass is 10.1. The number of nitrogens with zero attached hydrogens (tertiary/aromatic N) is 6. The van der Waals surface area contributed by atoms with E-state index in [-0.39, 0.29) is 29.5 Å². The van der Waals surface area contributed by atoms with Crippen molar-refractivity contribution >= 4 is 27.6 Å². The van der Waals surface area contributed by atoms with Crippen LogP contribution in [0.5, 0.6) is 0 Å². The zero-order valence-electron chi connectivity index (χ0n) is 20.9. The minimum absolute atomic E-state index is 0.00357. The van der Waals surface area contributed by atoms with Gasteiger partial charge in [0.05, 0.1) is 23.1 Å². The number of aliphatic hydroxyl groups is 1. The molecule has 0 radical (unpaired) electrons. The second-order valence-corrected chi connectivity index (χ2v) is 12.2. The number of β-amino-alcohol motifs (C(OH)–C–C–N with tert-alkyl or cyclic N) is 1. The molecule has 0 atom stereocenters. The van der Waals surface area contributed by atoms with E-state index in [0.29, 0.717) is 56.3 Å². The summed E-state index contributed by atoms with van der Waals surface area (Å²) in [6.07, 6.45) is 0.591. The fourth-order valence-electron chi connectivity index (χ4n) is 4.73. The predicted molar refractivity (Wildman–Crippen MR) is 139 cm³/mol. The summed E-state index contributed by atoms with van der Waals surface area (Å²) < 4.78 is 67.9. The van der Waals surface area contributed by atoms with Crippen LogP contribution in [-0.2, 0) is 22.7 Å². The average Bonchev–Trinajstić information content (AvgIpc) is 3.32. The van der Waals surface area contributed by atoms with E-state index < -0.39 is 21.8 Å². The number of benzene rings is 1. The number of imidazole rings is 1. The number of piperidine rings is 1. The molecule has 39 heavy (non-hydrogen) atoms. The largest absolute Gasteiger partial charge is 0.420 e. The van der Waals surface area contributed by atoms with Gasteiger partial charge in [-0.2, -0.15) is 13.2 Å². The summed E-state index contributed by atoms with van der Waals surface area (Å²) in [6.45, 7) is 2.43. The minimum atomic E-state index is -4.71. The first-order valence-electron chi connectivity index (χ1n) is 12.3. The van der Waals surface area contributed by atoms with Crippen LogP contribution < -0.4 is 5.32 Å². The third-order valence-corrected chi connectivity index (χ3v) is 8.42. The van der Waals surface area contributed by atoms with Gasteiger partial charge in [-0.25, -0.2) is 27.7 Å². The molecule has 10 nitrogen and oxygen atoms in total. The summed E-state index contributed by atoms with van der Waals surface area (Å²) in [5.41, 5.74) is 0.0832. The van der Waals surface area contributed by atoms with Gasteiger partial charge in [-0.05, 0) is 30.5 Å². The maximum Gasteiger partial charge on any atom is 0.420 e. The number of anilines is 1. The van der Waals surface area contributed by atoms with Crippen LogP contribution in [0.1, 0.15) is 24.0 Å². The molecule has 3 aromatic rings. The van der Waals surface area contributed by atoms with Gasteiger partial charge in [0.1, 0.15) is 23.3 Å². The van der Waals surface area contributed by atoms with Gasteiger partial charge >= 0.3 is 6.18 Å². The topological polar surface area (TPSA) is 116 Å². The molecule has 210 valence electrons. The maximum atomic E-state index is 13.8. The van der Waals surface area contributed by atoms with Crippen LogP contribution in [0.2, 0.25) is 5.02 Å². The molecule has 2 aromatic heterocycles. The standard InChI is InChI=1S/C24H27ClF3N7O3S/c1-39(37,38)35-6-4-16(5-7-35)31-23-29-9-18(24(26,27)28)22(32-23)20-13-34(14-30-20)21-3-2-15(8-19(21)25)10-33-11-17(36)12-33/h2-3,8-9,13-14,16-17,36H,4-7,10-12H2,1H3,(H,29,31,32). The quantitative estimate of drug-likeness (QED) is 0.435. The molecule has 0 aliphatic carbocycles. The number of hydrogen-bond donors (Lipinski definition) is 2. The Morgan fingerprint density at radius 1 is 1.18 bits per heavy atom. The smallest absolute Gasteiger partial charge is 0.390 e. The molecule has 2 fully saturated rings. The van der Waals surface area contributed by atoms with E-state index in [1.165, 1.54) is 21.4 Å². The zero-order valence-corrected chi connectivity index (χ0v) is 22.5. The lowest BCUT2D eigenvalue weighted by molar-refractivity contribution is -0.137.